The number of pyridine rings is 1. The van der Waals surface area contributed by atoms with Crippen LogP contribution < -0.4 is 16.2 Å². The fraction of sp³-hybridized carbons (Fsp3) is 0.308. The van der Waals surface area contributed by atoms with Gasteiger partial charge in [-0.05, 0) is 11.8 Å². The molecule has 0 aliphatic heterocycles. The number of hydrogen-bond acceptors (Lipinski definition) is 4. The van der Waals surface area contributed by atoms with Gasteiger partial charge in [0, 0.05) is 30.8 Å². The molecule has 0 aliphatic carbocycles. The number of likely N-dealkylation sites (N-methyl/N-ethyl adjacent to an activating group) is 1. The lowest BCUT2D eigenvalue weighted by Crippen LogP contribution is -2.29. The SMILES string of the molecule is CCSc1c[nH]c(=O)c(C(=O)NC/C=C/C(=O)NC)c1. The molecule has 0 spiro atoms. The Bertz CT molecular complexity index is 566. The van der Waals surface area contributed by atoms with E-state index in [0.717, 1.165) is 10.6 Å². The molecule has 0 atom stereocenters. The Morgan fingerprint density at radius 1 is 1.45 bits per heavy atom. The van der Waals surface area contributed by atoms with Crippen LogP contribution in [0.5, 0.6) is 0 Å². The molecule has 0 saturated heterocycles. The molecule has 1 heterocycles. The number of amides is 2. The fourth-order valence-corrected chi connectivity index (χ4v) is 2.06. The third kappa shape index (κ3) is 4.93. The summed E-state index contributed by atoms with van der Waals surface area (Å²) >= 11 is 1.53. The molecule has 0 saturated carbocycles. The average Bonchev–Trinajstić information content (AvgIpc) is 2.45. The van der Waals surface area contributed by atoms with Crippen molar-refractivity contribution in [3.63, 3.8) is 0 Å². The number of thioether (sulfide) groups is 1. The summed E-state index contributed by atoms with van der Waals surface area (Å²) in [4.78, 5) is 37.8. The van der Waals surface area contributed by atoms with Crippen molar-refractivity contribution in [2.75, 3.05) is 19.3 Å². The highest BCUT2D eigenvalue weighted by molar-refractivity contribution is 7.99. The van der Waals surface area contributed by atoms with Crippen LogP contribution in [0.1, 0.15) is 17.3 Å². The van der Waals surface area contributed by atoms with E-state index in [1.165, 1.54) is 31.0 Å². The van der Waals surface area contributed by atoms with Crippen LogP contribution in [0.2, 0.25) is 0 Å². The normalized spacial score (nSPS) is 10.5. The highest BCUT2D eigenvalue weighted by Gasteiger charge is 2.10. The van der Waals surface area contributed by atoms with Gasteiger partial charge in [-0.1, -0.05) is 13.0 Å². The molecule has 6 nitrogen and oxygen atoms in total. The first kappa shape index (κ1) is 16.0. The molecular weight excluding hydrogens is 278 g/mol. The van der Waals surface area contributed by atoms with Crippen LogP contribution in [-0.2, 0) is 4.79 Å². The monoisotopic (exact) mass is 295 g/mol. The zero-order valence-electron chi connectivity index (χ0n) is 11.4. The van der Waals surface area contributed by atoms with Crippen LogP contribution in [0, 0.1) is 0 Å². The number of aromatic amines is 1. The van der Waals surface area contributed by atoms with Gasteiger partial charge in [-0.2, -0.15) is 0 Å². The first-order valence-electron chi connectivity index (χ1n) is 6.10. The van der Waals surface area contributed by atoms with Crippen LogP contribution in [-0.4, -0.2) is 36.1 Å². The third-order valence-electron chi connectivity index (χ3n) is 2.33. The predicted molar refractivity (Wildman–Crippen MR) is 79.0 cm³/mol. The van der Waals surface area contributed by atoms with Crippen molar-refractivity contribution in [3.8, 4) is 0 Å². The van der Waals surface area contributed by atoms with Crippen LogP contribution in [0.15, 0.2) is 34.1 Å². The summed E-state index contributed by atoms with van der Waals surface area (Å²) in [6, 6.07) is 1.56. The first-order valence-corrected chi connectivity index (χ1v) is 7.09. The molecule has 2 amide bonds. The average molecular weight is 295 g/mol. The van der Waals surface area contributed by atoms with Crippen molar-refractivity contribution in [1.29, 1.82) is 0 Å². The van der Waals surface area contributed by atoms with E-state index in [9.17, 15) is 14.4 Å². The van der Waals surface area contributed by atoms with Gasteiger partial charge in [-0.15, -0.1) is 11.8 Å². The van der Waals surface area contributed by atoms with Crippen molar-refractivity contribution in [2.24, 2.45) is 0 Å². The summed E-state index contributed by atoms with van der Waals surface area (Å²) in [5, 5.41) is 4.97. The molecule has 0 aliphatic rings. The minimum Gasteiger partial charge on any atom is -0.356 e. The first-order chi connectivity index (χ1) is 9.58. The molecule has 108 valence electrons. The van der Waals surface area contributed by atoms with Crippen LogP contribution in [0.3, 0.4) is 0 Å². The number of carbonyl (C=O) groups is 2. The number of nitrogens with one attached hydrogen (secondary N) is 3. The van der Waals surface area contributed by atoms with E-state index in [4.69, 9.17) is 0 Å². The predicted octanol–water partition coefficient (Wildman–Crippen LogP) is 0.519. The van der Waals surface area contributed by atoms with Crippen LogP contribution >= 0.6 is 11.8 Å². The molecule has 0 aromatic carbocycles. The zero-order valence-corrected chi connectivity index (χ0v) is 12.2. The van der Waals surface area contributed by atoms with Crippen molar-refractivity contribution < 1.29 is 9.59 Å². The molecule has 1 aromatic rings. The molecule has 1 aromatic heterocycles. The van der Waals surface area contributed by atoms with Gasteiger partial charge in [0.2, 0.25) is 5.91 Å². The standard InChI is InChI=1S/C13H17N3O3S/c1-3-20-9-7-10(13(19)16-8-9)12(18)15-6-4-5-11(17)14-2/h4-5,7-8H,3,6H2,1-2H3,(H,14,17)(H,15,18)(H,16,19)/b5-4+. The zero-order chi connectivity index (χ0) is 15.0. The molecule has 0 unspecified atom stereocenters. The lowest BCUT2D eigenvalue weighted by atomic mass is 10.2. The molecule has 3 N–H and O–H groups in total. The van der Waals surface area contributed by atoms with Gasteiger partial charge in [0.05, 0.1) is 0 Å². The van der Waals surface area contributed by atoms with E-state index in [0.29, 0.717) is 0 Å². The highest BCUT2D eigenvalue weighted by atomic mass is 32.2. The molecule has 7 heteroatoms. The maximum absolute atomic E-state index is 11.9. The van der Waals surface area contributed by atoms with E-state index in [-0.39, 0.29) is 18.0 Å². The lowest BCUT2D eigenvalue weighted by Gasteiger charge is -2.03. The molecule has 20 heavy (non-hydrogen) atoms. The minimum absolute atomic E-state index is 0.0665. The summed E-state index contributed by atoms with van der Waals surface area (Å²) in [6.07, 6.45) is 4.40. The van der Waals surface area contributed by atoms with Crippen molar-refractivity contribution >= 4 is 23.6 Å². The van der Waals surface area contributed by atoms with Crippen molar-refractivity contribution in [2.45, 2.75) is 11.8 Å². The van der Waals surface area contributed by atoms with Gasteiger partial charge >= 0.3 is 0 Å². The van der Waals surface area contributed by atoms with Crippen molar-refractivity contribution in [3.05, 3.63) is 40.3 Å². The largest absolute Gasteiger partial charge is 0.356 e. The Kier molecular flexibility index (Phi) is 6.58. The maximum atomic E-state index is 11.9. The van der Waals surface area contributed by atoms with E-state index < -0.39 is 11.5 Å². The Hall–Kier alpha value is -2.02. The van der Waals surface area contributed by atoms with Gasteiger partial charge in [-0.25, -0.2) is 0 Å². The van der Waals surface area contributed by atoms with Crippen molar-refractivity contribution in [1.82, 2.24) is 15.6 Å². The smallest absolute Gasteiger partial charge is 0.260 e. The third-order valence-corrected chi connectivity index (χ3v) is 3.19. The second-order valence-electron chi connectivity index (χ2n) is 3.74. The number of carbonyl (C=O) groups excluding carboxylic acids is 2. The van der Waals surface area contributed by atoms with Gasteiger partial charge in [0.15, 0.2) is 0 Å². The maximum Gasteiger partial charge on any atom is 0.260 e. The summed E-state index contributed by atoms with van der Waals surface area (Å²) < 4.78 is 0. The van der Waals surface area contributed by atoms with Gasteiger partial charge in [0.25, 0.3) is 11.5 Å². The quantitative estimate of drug-likeness (QED) is 0.527. The number of rotatable bonds is 6. The highest BCUT2D eigenvalue weighted by Crippen LogP contribution is 2.15. The molecule has 0 bridgehead atoms. The Morgan fingerprint density at radius 3 is 2.85 bits per heavy atom. The van der Waals surface area contributed by atoms with Gasteiger partial charge < -0.3 is 15.6 Å². The summed E-state index contributed by atoms with van der Waals surface area (Å²) in [5.41, 5.74) is -0.366. The van der Waals surface area contributed by atoms with Gasteiger partial charge in [-0.3, -0.25) is 14.4 Å². The topological polar surface area (TPSA) is 91.1 Å². The van der Waals surface area contributed by atoms with E-state index >= 15 is 0 Å². The number of H-pyrrole nitrogens is 1. The van der Waals surface area contributed by atoms with Gasteiger partial charge in [0.1, 0.15) is 5.56 Å². The summed E-state index contributed by atoms with van der Waals surface area (Å²) in [7, 11) is 1.52. The van der Waals surface area contributed by atoms with E-state index in [1.54, 1.807) is 12.3 Å². The molecular formula is C13H17N3O3S. The van der Waals surface area contributed by atoms with E-state index in [1.807, 2.05) is 6.92 Å². The second-order valence-corrected chi connectivity index (χ2v) is 5.08. The lowest BCUT2D eigenvalue weighted by molar-refractivity contribution is -0.116. The van der Waals surface area contributed by atoms with Crippen LogP contribution in [0.25, 0.3) is 0 Å². The van der Waals surface area contributed by atoms with Crippen LogP contribution in [0.4, 0.5) is 0 Å². The summed E-state index contributed by atoms with van der Waals surface area (Å²) in [6.45, 7) is 2.16. The fourth-order valence-electron chi connectivity index (χ4n) is 1.38. The Labute approximate surface area is 121 Å². The molecule has 0 fully saturated rings. The Balaban J connectivity index is 2.67. The Morgan fingerprint density at radius 2 is 2.20 bits per heavy atom. The number of aromatic nitrogens is 1. The number of hydrogen-bond donors (Lipinski definition) is 3. The molecule has 0 radical (unpaired) electrons. The minimum atomic E-state index is -0.466. The van der Waals surface area contributed by atoms with E-state index in [2.05, 4.69) is 15.6 Å². The second kappa shape index (κ2) is 8.21. The summed E-state index contributed by atoms with van der Waals surface area (Å²) in [5.74, 6) is 0.131. The molecule has 1 rings (SSSR count).